The van der Waals surface area contributed by atoms with E-state index >= 15 is 0 Å². The van der Waals surface area contributed by atoms with E-state index in [2.05, 4.69) is 22.3 Å². The first-order chi connectivity index (χ1) is 14.6. The van der Waals surface area contributed by atoms with Crippen LogP contribution in [0.25, 0.3) is 10.1 Å². The fraction of sp³-hybridized carbons (Fsp3) is 0.348. The highest BCUT2D eigenvalue weighted by Gasteiger charge is 2.25. The average molecular weight is 463 g/mol. The van der Waals surface area contributed by atoms with Crippen LogP contribution in [0.3, 0.4) is 0 Å². The van der Waals surface area contributed by atoms with Crippen molar-refractivity contribution >= 4 is 50.5 Å². The molecule has 158 valence electrons. The molecular formula is C23H24Cl2N2O2S. The monoisotopic (exact) mass is 462 g/mol. The fourth-order valence-corrected chi connectivity index (χ4v) is 5.87. The highest BCUT2D eigenvalue weighted by Crippen LogP contribution is 2.39. The number of ether oxygens (including phenoxy) is 1. The van der Waals surface area contributed by atoms with Crippen LogP contribution in [-0.4, -0.2) is 37.6 Å². The molecule has 1 saturated heterocycles. The SMILES string of the molecule is COc1ccc(C(CNC(=O)c2sc3cccc(Cl)c3c2Cl)N2CCCCC2)cc1. The van der Waals surface area contributed by atoms with Crippen LogP contribution < -0.4 is 10.1 Å². The summed E-state index contributed by atoms with van der Waals surface area (Å²) < 4.78 is 6.21. The molecule has 0 bridgehead atoms. The van der Waals surface area contributed by atoms with Crippen molar-refractivity contribution in [1.29, 1.82) is 0 Å². The van der Waals surface area contributed by atoms with Crippen molar-refractivity contribution in [2.75, 3.05) is 26.7 Å². The van der Waals surface area contributed by atoms with Gasteiger partial charge in [0, 0.05) is 16.6 Å². The second-order valence-corrected chi connectivity index (χ2v) is 9.29. The molecule has 1 aromatic heterocycles. The molecule has 2 aromatic carbocycles. The molecule has 1 amide bonds. The lowest BCUT2D eigenvalue weighted by molar-refractivity contribution is 0.0928. The molecule has 0 spiro atoms. The van der Waals surface area contributed by atoms with Gasteiger partial charge in [-0.2, -0.15) is 0 Å². The molecule has 30 heavy (non-hydrogen) atoms. The van der Waals surface area contributed by atoms with Gasteiger partial charge >= 0.3 is 0 Å². The highest BCUT2D eigenvalue weighted by molar-refractivity contribution is 7.21. The van der Waals surface area contributed by atoms with Gasteiger partial charge in [-0.3, -0.25) is 9.69 Å². The van der Waals surface area contributed by atoms with Gasteiger partial charge < -0.3 is 10.1 Å². The summed E-state index contributed by atoms with van der Waals surface area (Å²) >= 11 is 14.2. The molecular weight excluding hydrogens is 439 g/mol. The third-order valence-electron chi connectivity index (χ3n) is 5.60. The van der Waals surface area contributed by atoms with Crippen molar-refractivity contribution in [1.82, 2.24) is 10.2 Å². The summed E-state index contributed by atoms with van der Waals surface area (Å²) in [7, 11) is 1.67. The lowest BCUT2D eigenvalue weighted by Crippen LogP contribution is -2.40. The van der Waals surface area contributed by atoms with Gasteiger partial charge in [-0.05, 0) is 55.8 Å². The number of fused-ring (bicyclic) bond motifs is 1. The summed E-state index contributed by atoms with van der Waals surface area (Å²) in [6.45, 7) is 2.58. The normalized spacial score (nSPS) is 15.8. The van der Waals surface area contributed by atoms with Crippen LogP contribution in [0.15, 0.2) is 42.5 Å². The summed E-state index contributed by atoms with van der Waals surface area (Å²) in [5, 5.41) is 4.86. The number of rotatable bonds is 6. The number of hydrogen-bond acceptors (Lipinski definition) is 4. The minimum Gasteiger partial charge on any atom is -0.497 e. The van der Waals surface area contributed by atoms with Crippen molar-refractivity contribution in [3.8, 4) is 5.75 Å². The Labute approximate surface area is 190 Å². The third-order valence-corrected chi connectivity index (χ3v) is 7.56. The molecule has 1 aliphatic heterocycles. The van der Waals surface area contributed by atoms with E-state index in [-0.39, 0.29) is 11.9 Å². The van der Waals surface area contributed by atoms with Gasteiger partial charge in [0.2, 0.25) is 0 Å². The molecule has 1 aliphatic rings. The first-order valence-corrected chi connectivity index (χ1v) is 11.7. The predicted octanol–water partition coefficient (Wildman–Crippen LogP) is 6.17. The number of nitrogens with one attached hydrogen (secondary N) is 1. The topological polar surface area (TPSA) is 41.6 Å². The zero-order valence-electron chi connectivity index (χ0n) is 16.8. The van der Waals surface area contributed by atoms with Gasteiger partial charge in [-0.1, -0.05) is 47.8 Å². The van der Waals surface area contributed by atoms with E-state index in [1.807, 2.05) is 24.3 Å². The molecule has 0 aliphatic carbocycles. The van der Waals surface area contributed by atoms with E-state index in [0.717, 1.165) is 28.9 Å². The Balaban J connectivity index is 1.55. The standard InChI is InChI=1S/C23H24Cl2N2O2S/c1-29-16-10-8-15(9-11-16)18(27-12-3-2-4-13-27)14-26-23(28)22-21(25)20-17(24)6-5-7-19(20)30-22/h5-11,18H,2-4,12-14H2,1H3,(H,26,28). The number of piperidine rings is 1. The van der Waals surface area contributed by atoms with Gasteiger partial charge in [0.05, 0.1) is 23.2 Å². The number of likely N-dealkylation sites (tertiary alicyclic amines) is 1. The largest absolute Gasteiger partial charge is 0.497 e. The average Bonchev–Trinajstić information content (AvgIpc) is 3.13. The Morgan fingerprint density at radius 1 is 1.13 bits per heavy atom. The van der Waals surface area contributed by atoms with Crippen molar-refractivity contribution in [2.24, 2.45) is 0 Å². The molecule has 1 atom stereocenters. The second-order valence-electron chi connectivity index (χ2n) is 7.45. The number of carbonyl (C=O) groups is 1. The van der Waals surface area contributed by atoms with Crippen LogP contribution >= 0.6 is 34.5 Å². The number of nitrogens with zero attached hydrogens (tertiary/aromatic N) is 1. The predicted molar refractivity (Wildman–Crippen MR) is 125 cm³/mol. The van der Waals surface area contributed by atoms with E-state index in [1.54, 1.807) is 13.2 Å². The molecule has 1 fully saturated rings. The zero-order chi connectivity index (χ0) is 21.1. The molecule has 1 N–H and O–H groups in total. The number of thiophene rings is 1. The first kappa shape index (κ1) is 21.4. The molecule has 0 radical (unpaired) electrons. The zero-order valence-corrected chi connectivity index (χ0v) is 19.1. The van der Waals surface area contributed by atoms with Crippen LogP contribution in [0, 0.1) is 0 Å². The number of benzene rings is 2. The summed E-state index contributed by atoms with van der Waals surface area (Å²) in [4.78, 5) is 16.0. The van der Waals surface area contributed by atoms with E-state index in [0.29, 0.717) is 21.5 Å². The molecule has 7 heteroatoms. The Morgan fingerprint density at radius 2 is 1.87 bits per heavy atom. The van der Waals surface area contributed by atoms with Crippen molar-refractivity contribution < 1.29 is 9.53 Å². The fourth-order valence-electron chi connectivity index (χ4n) is 4.00. The van der Waals surface area contributed by atoms with Gasteiger partial charge in [-0.15, -0.1) is 11.3 Å². The van der Waals surface area contributed by atoms with Gasteiger partial charge in [0.25, 0.3) is 5.91 Å². The van der Waals surface area contributed by atoms with Crippen molar-refractivity contribution in [2.45, 2.75) is 25.3 Å². The maximum atomic E-state index is 13.0. The Morgan fingerprint density at radius 3 is 2.53 bits per heavy atom. The summed E-state index contributed by atoms with van der Waals surface area (Å²) in [5.41, 5.74) is 1.17. The number of amides is 1. The molecule has 4 nitrogen and oxygen atoms in total. The second kappa shape index (κ2) is 9.56. The lowest BCUT2D eigenvalue weighted by atomic mass is 10.0. The molecule has 0 saturated carbocycles. The van der Waals surface area contributed by atoms with Crippen LogP contribution in [-0.2, 0) is 0 Å². The number of hydrogen-bond donors (Lipinski definition) is 1. The Bertz CT molecular complexity index is 1030. The summed E-state index contributed by atoms with van der Waals surface area (Å²) in [6.07, 6.45) is 3.62. The van der Waals surface area contributed by atoms with E-state index in [1.165, 1.54) is 36.2 Å². The van der Waals surface area contributed by atoms with E-state index in [9.17, 15) is 4.79 Å². The van der Waals surface area contributed by atoms with Crippen LogP contribution in [0.1, 0.15) is 40.5 Å². The van der Waals surface area contributed by atoms with Crippen molar-refractivity contribution in [3.05, 3.63) is 63.0 Å². The number of halogens is 2. The summed E-state index contributed by atoms with van der Waals surface area (Å²) in [5.74, 6) is 0.668. The van der Waals surface area contributed by atoms with Crippen LogP contribution in [0.4, 0.5) is 0 Å². The summed E-state index contributed by atoms with van der Waals surface area (Å²) in [6, 6.07) is 13.8. The molecule has 4 rings (SSSR count). The van der Waals surface area contributed by atoms with E-state index < -0.39 is 0 Å². The van der Waals surface area contributed by atoms with Gasteiger partial charge in [0.1, 0.15) is 10.6 Å². The number of carbonyl (C=O) groups excluding carboxylic acids is 1. The lowest BCUT2D eigenvalue weighted by Gasteiger charge is -2.35. The first-order valence-electron chi connectivity index (χ1n) is 10.1. The van der Waals surface area contributed by atoms with Gasteiger partial charge in [0.15, 0.2) is 0 Å². The Kier molecular flexibility index (Phi) is 6.84. The Hall–Kier alpha value is -1.79. The van der Waals surface area contributed by atoms with Gasteiger partial charge in [-0.25, -0.2) is 0 Å². The third kappa shape index (κ3) is 4.45. The molecule has 1 unspecified atom stereocenters. The van der Waals surface area contributed by atoms with E-state index in [4.69, 9.17) is 27.9 Å². The van der Waals surface area contributed by atoms with Crippen LogP contribution in [0.2, 0.25) is 10.0 Å². The minimum atomic E-state index is -0.159. The highest BCUT2D eigenvalue weighted by atomic mass is 35.5. The number of methoxy groups -OCH3 is 1. The quantitative estimate of drug-likeness (QED) is 0.475. The molecule has 3 aromatic rings. The maximum Gasteiger partial charge on any atom is 0.262 e. The molecule has 2 heterocycles. The van der Waals surface area contributed by atoms with Crippen LogP contribution in [0.5, 0.6) is 5.75 Å². The van der Waals surface area contributed by atoms with Crippen molar-refractivity contribution in [3.63, 3.8) is 0 Å². The maximum absolute atomic E-state index is 13.0. The smallest absolute Gasteiger partial charge is 0.262 e. The minimum absolute atomic E-state index is 0.108.